The highest BCUT2D eigenvalue weighted by molar-refractivity contribution is 5.84. The van der Waals surface area contributed by atoms with Gasteiger partial charge in [0.05, 0.1) is 43.6 Å². The summed E-state index contributed by atoms with van der Waals surface area (Å²) >= 11 is 0. The van der Waals surface area contributed by atoms with Gasteiger partial charge >= 0.3 is 0 Å². The van der Waals surface area contributed by atoms with E-state index in [1.165, 1.54) is 21.2 Å². The molecule has 2 N–H and O–H groups in total. The van der Waals surface area contributed by atoms with Crippen LogP contribution in [0.1, 0.15) is 22.3 Å². The number of fused-ring (bicyclic) bond motifs is 6. The van der Waals surface area contributed by atoms with Crippen molar-refractivity contribution in [3.05, 3.63) is 120 Å². The number of hydrogen-bond donors (Lipinski definition) is 2. The molecule has 0 saturated heterocycles. The van der Waals surface area contributed by atoms with Crippen molar-refractivity contribution in [2.75, 3.05) is 10.6 Å². The zero-order valence-electron chi connectivity index (χ0n) is 23.5. The van der Waals surface area contributed by atoms with E-state index in [1.54, 1.807) is 56.3 Å². The number of anilines is 2. The Morgan fingerprint density at radius 3 is 1.50 bits per heavy atom. The van der Waals surface area contributed by atoms with E-state index >= 15 is 0 Å². The minimum Gasteiger partial charge on any atom is -0.346 e. The molecule has 0 atom stereocenters. The number of benzene rings is 2. The van der Waals surface area contributed by atoms with Crippen molar-refractivity contribution in [2.24, 2.45) is 0 Å². The summed E-state index contributed by atoms with van der Waals surface area (Å²) in [4.78, 5) is 40.7. The first kappa shape index (κ1) is 26.3. The van der Waals surface area contributed by atoms with E-state index in [0.717, 1.165) is 0 Å². The Morgan fingerprint density at radius 1 is 0.636 bits per heavy atom. The van der Waals surface area contributed by atoms with Crippen LogP contribution in [0.25, 0.3) is 45.8 Å². The average Bonchev–Trinajstić information content (AvgIpc) is 3.61. The minimum absolute atomic E-state index is 0.306. The van der Waals surface area contributed by atoms with Crippen LogP contribution < -0.4 is 32.2 Å². The summed E-state index contributed by atoms with van der Waals surface area (Å²) in [6, 6.07) is 24.1. The van der Waals surface area contributed by atoms with E-state index in [2.05, 4.69) is 37.7 Å². The van der Waals surface area contributed by atoms with Gasteiger partial charge in [-0.2, -0.15) is 10.5 Å². The average molecular weight is 576 g/mol. The van der Waals surface area contributed by atoms with Crippen molar-refractivity contribution in [3.63, 3.8) is 0 Å². The maximum Gasteiger partial charge on any atom is 0.265 e. The van der Waals surface area contributed by atoms with E-state index in [9.17, 15) is 20.1 Å². The quantitative estimate of drug-likeness (QED) is 0.323. The second-order valence-corrected chi connectivity index (χ2v) is 10.2. The van der Waals surface area contributed by atoms with Crippen LogP contribution in [0, 0.1) is 36.5 Å². The number of nitriles is 2. The molecule has 0 unspecified atom stereocenters. The number of hydrogen-bond acceptors (Lipinski definition) is 9. The first-order valence-electron chi connectivity index (χ1n) is 13.6. The normalized spacial score (nSPS) is 12.3. The van der Waals surface area contributed by atoms with Gasteiger partial charge < -0.3 is 10.6 Å². The van der Waals surface area contributed by atoms with E-state index < -0.39 is 0 Å². The van der Waals surface area contributed by atoms with Crippen LogP contribution in [-0.4, -0.2) is 23.8 Å². The molecule has 44 heavy (non-hydrogen) atoms. The highest BCUT2D eigenvalue weighted by atomic mass is 16.1. The van der Waals surface area contributed by atoms with Gasteiger partial charge in [0.1, 0.15) is 23.8 Å². The van der Waals surface area contributed by atoms with Crippen molar-refractivity contribution < 1.29 is 0 Å². The van der Waals surface area contributed by atoms with Crippen molar-refractivity contribution in [1.29, 1.82) is 10.5 Å². The molecule has 7 aromatic rings. The first-order valence-corrected chi connectivity index (χ1v) is 13.6. The van der Waals surface area contributed by atoms with Crippen molar-refractivity contribution in [2.45, 2.75) is 13.8 Å². The maximum atomic E-state index is 13.6. The Labute approximate surface area is 248 Å². The zero-order valence-corrected chi connectivity index (χ0v) is 23.5. The Bertz CT molecular complexity index is 2480. The van der Waals surface area contributed by atoms with Crippen LogP contribution >= 0.6 is 0 Å². The van der Waals surface area contributed by atoms with Gasteiger partial charge in [-0.25, -0.2) is 15.0 Å². The molecule has 0 radical (unpaired) electrons. The van der Waals surface area contributed by atoms with Crippen LogP contribution in [0.2, 0.25) is 0 Å². The third-order valence-electron chi connectivity index (χ3n) is 7.70. The molecule has 0 amide bonds. The summed E-state index contributed by atoms with van der Waals surface area (Å²) in [6.45, 7) is 3.43. The molecule has 0 fully saturated rings. The molecule has 5 aromatic heterocycles. The second kappa shape index (κ2) is 10.0. The van der Waals surface area contributed by atoms with Crippen molar-refractivity contribution in [3.8, 4) is 12.1 Å². The van der Waals surface area contributed by atoms with Crippen LogP contribution in [-0.2, 0) is 0 Å². The first-order chi connectivity index (χ1) is 21.4. The smallest absolute Gasteiger partial charge is 0.265 e. The second-order valence-electron chi connectivity index (χ2n) is 10.2. The Balaban J connectivity index is 1.29. The molecule has 0 aliphatic carbocycles. The molecule has 0 aliphatic heterocycles. The van der Waals surface area contributed by atoms with E-state index in [-0.39, 0.29) is 11.1 Å². The number of nitrogens with one attached hydrogen (secondary N) is 2. The van der Waals surface area contributed by atoms with Crippen LogP contribution in [0.5, 0.6) is 0 Å². The number of nitrogens with zero attached hydrogens (tertiary/aromatic N) is 7. The Hall–Kier alpha value is -6.59. The molecular weight excluding hydrogens is 554 g/mol. The predicted octanol–water partition coefficient (Wildman–Crippen LogP) is 2.90. The lowest BCUT2D eigenvalue weighted by Gasteiger charge is -2.06. The lowest BCUT2D eigenvalue weighted by Crippen LogP contribution is -2.35. The van der Waals surface area contributed by atoms with Crippen LogP contribution in [0.15, 0.2) is 76.3 Å². The molecule has 2 aromatic carbocycles. The molecule has 7 rings (SSSR count). The fourth-order valence-electron chi connectivity index (χ4n) is 5.46. The van der Waals surface area contributed by atoms with Crippen molar-refractivity contribution >= 4 is 57.4 Å². The largest absolute Gasteiger partial charge is 0.346 e. The van der Waals surface area contributed by atoms with Crippen LogP contribution in [0.4, 0.5) is 11.6 Å². The van der Waals surface area contributed by atoms with Gasteiger partial charge in [0.15, 0.2) is 11.3 Å². The summed E-state index contributed by atoms with van der Waals surface area (Å²) in [5.41, 5.74) is 4.15. The fraction of sp³-hybridized carbons (Fsp3) is 0.0606. The van der Waals surface area contributed by atoms with Gasteiger partial charge in [-0.3, -0.25) is 18.4 Å². The summed E-state index contributed by atoms with van der Waals surface area (Å²) in [6.07, 6.45) is 3.06. The van der Waals surface area contributed by atoms with Crippen molar-refractivity contribution in [1.82, 2.24) is 23.8 Å². The molecule has 210 valence electrons. The lowest BCUT2D eigenvalue weighted by molar-refractivity contribution is 1.09. The molecule has 11 heteroatoms. The van der Waals surface area contributed by atoms with E-state index in [1.807, 2.05) is 24.3 Å². The van der Waals surface area contributed by atoms with Gasteiger partial charge in [-0.1, -0.05) is 30.3 Å². The molecule has 0 bridgehead atoms. The highest BCUT2D eigenvalue weighted by Gasteiger charge is 2.17. The lowest BCUT2D eigenvalue weighted by atomic mass is 10.1. The number of para-hydroxylation sites is 4. The summed E-state index contributed by atoms with van der Waals surface area (Å²) in [5.74, 6) is 0.841. The third kappa shape index (κ3) is 3.92. The number of rotatable bonds is 4. The molecule has 0 aliphatic rings. The fourth-order valence-corrected chi connectivity index (χ4v) is 5.46. The summed E-state index contributed by atoms with van der Waals surface area (Å²) in [7, 11) is 0. The SMILES string of the molecule is Cc1c(C#N)c2nc3ccccc3n2c(=O)c1=CNc1cccc(NC=c2c(C)c(C#N)c3nc4ccccc4n3c2=O)n1. The van der Waals surface area contributed by atoms with Gasteiger partial charge in [0.25, 0.3) is 11.1 Å². The van der Waals surface area contributed by atoms with Gasteiger partial charge in [0.2, 0.25) is 0 Å². The maximum absolute atomic E-state index is 13.6. The molecular formula is C33H21N9O2. The molecule has 5 heterocycles. The van der Waals surface area contributed by atoms with E-state index in [4.69, 9.17) is 0 Å². The zero-order chi connectivity index (χ0) is 30.5. The molecule has 11 nitrogen and oxygen atoms in total. The number of aromatic nitrogens is 5. The topological polar surface area (TPSA) is 153 Å². The van der Waals surface area contributed by atoms with Crippen LogP contribution in [0.3, 0.4) is 0 Å². The van der Waals surface area contributed by atoms with Gasteiger partial charge in [0, 0.05) is 12.4 Å². The molecule has 0 spiro atoms. The summed E-state index contributed by atoms with van der Waals surface area (Å²) in [5, 5.41) is 26.5. The monoisotopic (exact) mass is 575 g/mol. The Kier molecular flexibility index (Phi) is 6.01. The summed E-state index contributed by atoms with van der Waals surface area (Å²) < 4.78 is 2.90. The Morgan fingerprint density at radius 2 is 1.07 bits per heavy atom. The number of imidazole rings is 2. The molecule has 0 saturated carbocycles. The number of pyridine rings is 3. The van der Waals surface area contributed by atoms with Gasteiger partial charge in [-0.15, -0.1) is 0 Å². The minimum atomic E-state index is -0.311. The van der Waals surface area contributed by atoms with E-state index in [0.29, 0.717) is 77.7 Å². The standard InChI is InChI=1S/C33H21N9O2/c1-18-20(14-34)30-38-24-8-3-5-10-26(24)41(30)32(43)22(18)16-36-28-12-7-13-29(40-28)37-17-23-19(2)21(15-35)31-39-25-9-4-6-11-27(25)42(31)33(23)44/h3-13,16-17H,1-2H3,(H2,36,37,40). The predicted molar refractivity (Wildman–Crippen MR) is 168 cm³/mol. The third-order valence-corrected chi connectivity index (χ3v) is 7.70. The highest BCUT2D eigenvalue weighted by Crippen LogP contribution is 2.19. The van der Waals surface area contributed by atoms with Gasteiger partial charge in [-0.05, 0) is 61.4 Å².